The first kappa shape index (κ1) is 15.3. The molecule has 0 unspecified atom stereocenters. The van der Waals surface area contributed by atoms with Gasteiger partial charge in [-0.15, -0.1) is 0 Å². The van der Waals surface area contributed by atoms with Crippen molar-refractivity contribution in [3.05, 3.63) is 46.1 Å². The second kappa shape index (κ2) is 6.58. The molecule has 0 fully saturated rings. The molecule has 6 heteroatoms. The number of nitrogens with one attached hydrogen (secondary N) is 1. The van der Waals surface area contributed by atoms with E-state index in [1.54, 1.807) is 6.07 Å². The topological polar surface area (TPSA) is 55.0 Å². The number of ether oxygens (including phenoxy) is 1. The van der Waals surface area contributed by atoms with Gasteiger partial charge in [0.1, 0.15) is 10.5 Å². The average molecular weight is 306 g/mol. The molecule has 0 aliphatic carbocycles. The number of carbonyl (C=O) groups excluding carboxylic acids is 1. The third kappa shape index (κ3) is 3.33. The number of H-pyrrole nitrogens is 1. The largest absolute Gasteiger partial charge is 0.465 e. The van der Waals surface area contributed by atoms with E-state index < -0.39 is 11.8 Å². The van der Waals surface area contributed by atoms with Crippen LogP contribution in [0.15, 0.2) is 24.5 Å². The Balaban J connectivity index is 2.62. The molecule has 4 nitrogen and oxygen atoms in total. The summed E-state index contributed by atoms with van der Waals surface area (Å²) in [6.07, 6.45) is 3.08. The molecular formula is C15H15FN2O2S. The van der Waals surface area contributed by atoms with Crippen molar-refractivity contribution in [2.75, 3.05) is 7.11 Å². The molecule has 1 N–H and O–H groups in total. The molecule has 0 saturated carbocycles. The van der Waals surface area contributed by atoms with E-state index in [1.165, 1.54) is 19.5 Å². The van der Waals surface area contributed by atoms with Gasteiger partial charge in [-0.05, 0) is 24.6 Å². The lowest BCUT2D eigenvalue weighted by Gasteiger charge is -2.10. The van der Waals surface area contributed by atoms with Crippen LogP contribution in [0.1, 0.15) is 29.3 Å². The maximum absolute atomic E-state index is 13.8. The van der Waals surface area contributed by atoms with Crippen LogP contribution in [0.25, 0.3) is 11.3 Å². The van der Waals surface area contributed by atoms with Crippen molar-refractivity contribution in [3.8, 4) is 11.3 Å². The van der Waals surface area contributed by atoms with E-state index >= 15 is 0 Å². The lowest BCUT2D eigenvalue weighted by Crippen LogP contribution is -2.03. The summed E-state index contributed by atoms with van der Waals surface area (Å²) in [5, 5.41) is 0. The third-order valence-electron chi connectivity index (χ3n) is 3.06. The molecule has 1 aromatic carbocycles. The van der Waals surface area contributed by atoms with E-state index in [0.29, 0.717) is 15.9 Å². The average Bonchev–Trinajstić information content (AvgIpc) is 2.48. The number of hydrogen-bond donors (Lipinski definition) is 1. The summed E-state index contributed by atoms with van der Waals surface area (Å²) in [6, 6.07) is 4.07. The van der Waals surface area contributed by atoms with Crippen LogP contribution in [0.2, 0.25) is 0 Å². The fourth-order valence-corrected chi connectivity index (χ4v) is 2.39. The minimum Gasteiger partial charge on any atom is -0.465 e. The normalized spacial score (nSPS) is 10.4. The number of halogens is 1. The molecule has 2 rings (SSSR count). The molecule has 0 bridgehead atoms. The summed E-state index contributed by atoms with van der Waals surface area (Å²) in [5.74, 6) is -1.09. The Kier molecular flexibility index (Phi) is 4.80. The molecule has 0 amide bonds. The summed E-state index contributed by atoms with van der Waals surface area (Å²) in [7, 11) is 1.26. The van der Waals surface area contributed by atoms with Gasteiger partial charge in [0.25, 0.3) is 0 Å². The molecule has 0 spiro atoms. The van der Waals surface area contributed by atoms with Crippen molar-refractivity contribution in [2.24, 2.45) is 0 Å². The van der Waals surface area contributed by atoms with Gasteiger partial charge in [-0.25, -0.2) is 14.2 Å². The zero-order chi connectivity index (χ0) is 15.4. The van der Waals surface area contributed by atoms with Crippen LogP contribution in [0.3, 0.4) is 0 Å². The van der Waals surface area contributed by atoms with E-state index in [2.05, 4.69) is 14.7 Å². The van der Waals surface area contributed by atoms with Gasteiger partial charge in [0.2, 0.25) is 0 Å². The number of methoxy groups -OCH3 is 1. The third-order valence-corrected chi connectivity index (χ3v) is 3.41. The van der Waals surface area contributed by atoms with Gasteiger partial charge < -0.3 is 9.72 Å². The lowest BCUT2D eigenvalue weighted by atomic mass is 10.0. The van der Waals surface area contributed by atoms with Crippen LogP contribution < -0.4 is 0 Å². The standard InChI is InChI=1S/C15H15FN2O2S/c1-3-4-12-13(17-8-18-14(12)21)9-5-10(15(19)20-2)7-11(16)6-9/h5-8H,3-4H2,1-2H3,(H,17,18,21). The fourth-order valence-electron chi connectivity index (χ4n) is 2.14. The molecule has 21 heavy (non-hydrogen) atoms. The Bertz CT molecular complexity index is 728. The molecule has 0 radical (unpaired) electrons. The minimum atomic E-state index is -0.583. The monoisotopic (exact) mass is 306 g/mol. The summed E-state index contributed by atoms with van der Waals surface area (Å²) in [5.41, 5.74) is 2.23. The SMILES string of the molecule is CCCc1c(-c2cc(F)cc(C(=O)OC)c2)[nH]cnc1=S. The quantitative estimate of drug-likeness (QED) is 0.691. The van der Waals surface area contributed by atoms with Gasteiger partial charge >= 0.3 is 5.97 Å². The second-order valence-corrected chi connectivity index (χ2v) is 4.92. The molecule has 0 atom stereocenters. The highest BCUT2D eigenvalue weighted by molar-refractivity contribution is 7.71. The van der Waals surface area contributed by atoms with Crippen LogP contribution >= 0.6 is 12.2 Å². The first-order valence-corrected chi connectivity index (χ1v) is 6.93. The molecule has 110 valence electrons. The number of aromatic nitrogens is 2. The molecule has 0 aliphatic rings. The highest BCUT2D eigenvalue weighted by Gasteiger charge is 2.13. The Hall–Kier alpha value is -2.08. The highest BCUT2D eigenvalue weighted by atomic mass is 32.1. The highest BCUT2D eigenvalue weighted by Crippen LogP contribution is 2.25. The van der Waals surface area contributed by atoms with Gasteiger partial charge in [0.05, 0.1) is 24.7 Å². The van der Waals surface area contributed by atoms with Crippen molar-refractivity contribution in [1.82, 2.24) is 9.97 Å². The molecule has 2 aromatic rings. The Morgan fingerprint density at radius 1 is 1.43 bits per heavy atom. The van der Waals surface area contributed by atoms with Gasteiger partial charge in [-0.3, -0.25) is 0 Å². The van der Waals surface area contributed by atoms with Gasteiger partial charge in [0, 0.05) is 11.1 Å². The molecular weight excluding hydrogens is 291 g/mol. The van der Waals surface area contributed by atoms with Crippen molar-refractivity contribution < 1.29 is 13.9 Å². The molecule has 0 aliphatic heterocycles. The summed E-state index contributed by atoms with van der Waals surface area (Å²) in [4.78, 5) is 18.6. The fraction of sp³-hybridized carbons (Fsp3) is 0.267. The Morgan fingerprint density at radius 2 is 2.19 bits per heavy atom. The number of benzene rings is 1. The van der Waals surface area contributed by atoms with Gasteiger partial charge in [-0.2, -0.15) is 0 Å². The smallest absolute Gasteiger partial charge is 0.337 e. The number of aromatic amines is 1. The second-order valence-electron chi connectivity index (χ2n) is 4.53. The maximum atomic E-state index is 13.8. The van der Waals surface area contributed by atoms with Crippen molar-refractivity contribution >= 4 is 18.2 Å². The van der Waals surface area contributed by atoms with Crippen LogP contribution in [0.5, 0.6) is 0 Å². The number of hydrogen-bond acceptors (Lipinski definition) is 4. The molecule has 0 saturated heterocycles. The number of carbonyl (C=O) groups is 1. The number of nitrogens with zero attached hydrogens (tertiary/aromatic N) is 1. The van der Waals surface area contributed by atoms with Gasteiger partial charge in [0.15, 0.2) is 0 Å². The van der Waals surface area contributed by atoms with Crippen LogP contribution in [-0.2, 0) is 11.2 Å². The van der Waals surface area contributed by atoms with Crippen LogP contribution in [-0.4, -0.2) is 23.0 Å². The van der Waals surface area contributed by atoms with Crippen molar-refractivity contribution in [1.29, 1.82) is 0 Å². The summed E-state index contributed by atoms with van der Waals surface area (Å²) < 4.78 is 18.9. The zero-order valence-corrected chi connectivity index (χ0v) is 12.6. The Morgan fingerprint density at radius 3 is 2.86 bits per heavy atom. The van der Waals surface area contributed by atoms with E-state index in [9.17, 15) is 9.18 Å². The van der Waals surface area contributed by atoms with Crippen LogP contribution in [0.4, 0.5) is 4.39 Å². The van der Waals surface area contributed by atoms with Crippen LogP contribution in [0, 0.1) is 10.5 Å². The van der Waals surface area contributed by atoms with E-state index in [4.69, 9.17) is 12.2 Å². The summed E-state index contributed by atoms with van der Waals surface area (Å²) >= 11 is 5.23. The van der Waals surface area contributed by atoms with E-state index in [1.807, 2.05) is 6.92 Å². The van der Waals surface area contributed by atoms with Gasteiger partial charge in [-0.1, -0.05) is 25.6 Å². The molecule has 1 aromatic heterocycles. The van der Waals surface area contributed by atoms with E-state index in [-0.39, 0.29) is 5.56 Å². The zero-order valence-electron chi connectivity index (χ0n) is 11.8. The first-order chi connectivity index (χ1) is 10.1. The van der Waals surface area contributed by atoms with E-state index in [0.717, 1.165) is 24.5 Å². The van der Waals surface area contributed by atoms with Crippen molar-refractivity contribution in [2.45, 2.75) is 19.8 Å². The Labute approximate surface area is 127 Å². The number of rotatable bonds is 4. The van der Waals surface area contributed by atoms with Crippen molar-refractivity contribution in [3.63, 3.8) is 0 Å². The summed E-state index contributed by atoms with van der Waals surface area (Å²) in [6.45, 7) is 2.02. The predicted octanol–water partition coefficient (Wildman–Crippen LogP) is 3.68. The first-order valence-electron chi connectivity index (χ1n) is 6.52. The lowest BCUT2D eigenvalue weighted by molar-refractivity contribution is 0.0600. The molecule has 1 heterocycles. The minimum absolute atomic E-state index is 0.158. The maximum Gasteiger partial charge on any atom is 0.337 e. The predicted molar refractivity (Wildman–Crippen MR) is 80.2 cm³/mol. The number of esters is 1.